The third kappa shape index (κ3) is 7.96. The number of nitrogens with one attached hydrogen (secondary N) is 2. The van der Waals surface area contributed by atoms with Gasteiger partial charge in [-0.3, -0.25) is 9.89 Å². The monoisotopic (exact) mass is 621 g/mol. The van der Waals surface area contributed by atoms with E-state index in [0.29, 0.717) is 41.2 Å². The molecule has 2 heterocycles. The molecule has 5 rings (SSSR count). The van der Waals surface area contributed by atoms with Crippen molar-refractivity contribution in [3.63, 3.8) is 0 Å². The van der Waals surface area contributed by atoms with Gasteiger partial charge in [0.25, 0.3) is 0 Å². The molecule has 1 amide bonds. The van der Waals surface area contributed by atoms with Crippen LogP contribution in [0.3, 0.4) is 0 Å². The number of pyridine rings is 1. The highest BCUT2D eigenvalue weighted by Crippen LogP contribution is 2.40. The van der Waals surface area contributed by atoms with Gasteiger partial charge in [0.1, 0.15) is 6.61 Å². The number of nitrogens with zero attached hydrogens (tertiary/aromatic N) is 3. The number of fused-ring (bicyclic) bond motifs is 1. The summed E-state index contributed by atoms with van der Waals surface area (Å²) in [5, 5.41) is 9.88. The molecule has 0 atom stereocenters. The minimum atomic E-state index is -4.50. The summed E-state index contributed by atoms with van der Waals surface area (Å²) >= 11 is 0. The van der Waals surface area contributed by atoms with Gasteiger partial charge in [-0.25, -0.2) is 4.98 Å². The van der Waals surface area contributed by atoms with Crippen molar-refractivity contribution in [3.8, 4) is 5.88 Å². The van der Waals surface area contributed by atoms with E-state index >= 15 is 0 Å². The maximum absolute atomic E-state index is 14.5. The fraction of sp³-hybridized carbons (Fsp3) is 0.324. The van der Waals surface area contributed by atoms with E-state index in [4.69, 9.17) is 4.74 Å². The number of halogens is 4. The fourth-order valence-corrected chi connectivity index (χ4v) is 5.66. The number of benzene rings is 2. The summed E-state index contributed by atoms with van der Waals surface area (Å²) in [6.45, 7) is 0.851. The Hall–Kier alpha value is -4.51. The molecular formula is C34H35F4N5O2. The highest BCUT2D eigenvalue weighted by atomic mass is 19.4. The molecule has 2 aromatic heterocycles. The van der Waals surface area contributed by atoms with Crippen molar-refractivity contribution in [1.29, 1.82) is 0 Å². The molecule has 2 N–H and O–H groups in total. The highest BCUT2D eigenvalue weighted by molar-refractivity contribution is 6.00. The van der Waals surface area contributed by atoms with Crippen LogP contribution in [0.25, 0.3) is 22.0 Å². The minimum absolute atomic E-state index is 0.0386. The van der Waals surface area contributed by atoms with E-state index in [9.17, 15) is 22.4 Å². The van der Waals surface area contributed by atoms with E-state index in [2.05, 4.69) is 20.5 Å². The van der Waals surface area contributed by atoms with Crippen LogP contribution in [0, 0.1) is 5.95 Å². The number of H-pyrrole nitrogens is 1. The Bertz CT molecular complexity index is 1670. The smallest absolute Gasteiger partial charge is 0.393 e. The van der Waals surface area contributed by atoms with Gasteiger partial charge >= 0.3 is 6.18 Å². The molecule has 0 radical (unpaired) electrons. The third-order valence-electron chi connectivity index (χ3n) is 7.98. The average molecular weight is 622 g/mol. The SMILES string of the molecule is CN(C)C(=O)/C=C/CNC1(COc2ccc(/C(=C(/CC(F)(F)F)c3ccccc3)c3ccc4[nH]nc(F)c4c3)cn2)CCCC1. The summed E-state index contributed by atoms with van der Waals surface area (Å²) in [5.41, 5.74) is 1.70. The molecule has 4 aromatic rings. The summed E-state index contributed by atoms with van der Waals surface area (Å²) in [5.74, 6) is -0.496. The summed E-state index contributed by atoms with van der Waals surface area (Å²) in [7, 11) is 3.39. The lowest BCUT2D eigenvalue weighted by Crippen LogP contribution is -2.48. The second-order valence-corrected chi connectivity index (χ2v) is 11.5. The Balaban J connectivity index is 1.45. The summed E-state index contributed by atoms with van der Waals surface area (Å²) in [6.07, 6.45) is 3.00. The first-order chi connectivity index (χ1) is 21.5. The first kappa shape index (κ1) is 31.9. The van der Waals surface area contributed by atoms with E-state index in [1.54, 1.807) is 74.8 Å². The predicted molar refractivity (Wildman–Crippen MR) is 166 cm³/mol. The predicted octanol–water partition coefficient (Wildman–Crippen LogP) is 6.93. The van der Waals surface area contributed by atoms with Crippen LogP contribution in [0.15, 0.2) is 79.0 Å². The number of allylic oxidation sites excluding steroid dienone is 1. The first-order valence-corrected chi connectivity index (χ1v) is 14.7. The van der Waals surface area contributed by atoms with Gasteiger partial charge in [-0.2, -0.15) is 17.6 Å². The van der Waals surface area contributed by atoms with Crippen LogP contribution in [0.1, 0.15) is 48.8 Å². The fourth-order valence-electron chi connectivity index (χ4n) is 5.66. The molecule has 11 heteroatoms. The molecule has 1 saturated carbocycles. The van der Waals surface area contributed by atoms with Gasteiger partial charge in [0.05, 0.1) is 22.9 Å². The number of rotatable bonds is 11. The van der Waals surface area contributed by atoms with Gasteiger partial charge in [-0.1, -0.05) is 55.3 Å². The second kappa shape index (κ2) is 13.6. The highest BCUT2D eigenvalue weighted by Gasteiger charge is 2.34. The molecule has 236 valence electrons. The molecule has 0 bridgehead atoms. The molecule has 1 aliphatic carbocycles. The Kier molecular flexibility index (Phi) is 9.67. The average Bonchev–Trinajstić information content (AvgIpc) is 3.65. The lowest BCUT2D eigenvalue weighted by Gasteiger charge is -2.29. The van der Waals surface area contributed by atoms with Crippen LogP contribution in [0.4, 0.5) is 17.6 Å². The van der Waals surface area contributed by atoms with Crippen LogP contribution < -0.4 is 10.1 Å². The number of alkyl halides is 3. The number of hydrogen-bond donors (Lipinski definition) is 2. The number of hydrogen-bond acceptors (Lipinski definition) is 5. The molecular weight excluding hydrogens is 586 g/mol. The molecule has 1 fully saturated rings. The topological polar surface area (TPSA) is 83.1 Å². The number of ether oxygens (including phenoxy) is 1. The number of likely N-dealkylation sites (N-methyl/N-ethyl adjacent to an activating group) is 1. The van der Waals surface area contributed by atoms with Crippen molar-refractivity contribution >= 4 is 28.0 Å². The normalized spacial score (nSPS) is 15.4. The summed E-state index contributed by atoms with van der Waals surface area (Å²) < 4.78 is 62.6. The molecule has 0 unspecified atom stereocenters. The molecule has 2 aromatic carbocycles. The van der Waals surface area contributed by atoms with Crippen molar-refractivity contribution < 1.29 is 27.1 Å². The summed E-state index contributed by atoms with van der Waals surface area (Å²) in [6, 6.07) is 16.4. The Morgan fingerprint density at radius 1 is 1.04 bits per heavy atom. The molecule has 45 heavy (non-hydrogen) atoms. The van der Waals surface area contributed by atoms with E-state index in [0.717, 1.165) is 25.7 Å². The largest absolute Gasteiger partial charge is 0.476 e. The number of aromatic nitrogens is 3. The van der Waals surface area contributed by atoms with Crippen molar-refractivity contribution in [2.45, 2.75) is 43.8 Å². The number of carbonyl (C=O) groups is 1. The van der Waals surface area contributed by atoms with Gasteiger partial charge in [0, 0.05) is 44.5 Å². The van der Waals surface area contributed by atoms with Gasteiger partial charge in [-0.15, -0.1) is 5.10 Å². The first-order valence-electron chi connectivity index (χ1n) is 14.7. The van der Waals surface area contributed by atoms with Crippen LogP contribution in [-0.4, -0.2) is 65.0 Å². The van der Waals surface area contributed by atoms with Crippen molar-refractivity contribution in [2.75, 3.05) is 27.2 Å². The maximum Gasteiger partial charge on any atom is 0.393 e. The number of aromatic amines is 1. The zero-order valence-corrected chi connectivity index (χ0v) is 25.1. The quantitative estimate of drug-likeness (QED) is 0.108. The Morgan fingerprint density at radius 2 is 1.78 bits per heavy atom. The standard InChI is InChI=1S/C34H35F4N5O2/c1-43(2)30(44)11-8-18-40-33(16-6-7-17-33)22-45-29-15-13-25(21-39-29)31(24-12-14-28-26(19-24)32(35)42-41-28)27(20-34(36,37)38)23-9-4-3-5-10-23/h3-5,8-15,19,21,40H,6-7,16-18,20,22H2,1-2H3,(H,41,42)/b11-8+,31-27-. The summed E-state index contributed by atoms with van der Waals surface area (Å²) in [4.78, 5) is 17.8. The molecule has 1 aliphatic rings. The zero-order valence-electron chi connectivity index (χ0n) is 25.1. The van der Waals surface area contributed by atoms with E-state index < -0.39 is 18.5 Å². The van der Waals surface area contributed by atoms with Crippen LogP contribution in [-0.2, 0) is 4.79 Å². The van der Waals surface area contributed by atoms with Gasteiger partial charge < -0.3 is 15.0 Å². The molecule has 0 spiro atoms. The van der Waals surface area contributed by atoms with Gasteiger partial charge in [0.15, 0.2) is 0 Å². The third-order valence-corrected chi connectivity index (χ3v) is 7.98. The Morgan fingerprint density at radius 3 is 2.44 bits per heavy atom. The van der Waals surface area contributed by atoms with E-state index in [1.807, 2.05) is 0 Å². The van der Waals surface area contributed by atoms with Crippen molar-refractivity contribution in [2.24, 2.45) is 0 Å². The van der Waals surface area contributed by atoms with Crippen molar-refractivity contribution in [3.05, 3.63) is 102 Å². The molecule has 0 saturated heterocycles. The van der Waals surface area contributed by atoms with Gasteiger partial charge in [0.2, 0.25) is 17.7 Å². The zero-order chi connectivity index (χ0) is 32.0. The van der Waals surface area contributed by atoms with Crippen LogP contribution in [0.2, 0.25) is 0 Å². The second-order valence-electron chi connectivity index (χ2n) is 11.5. The number of carbonyl (C=O) groups excluding carboxylic acids is 1. The minimum Gasteiger partial charge on any atom is -0.476 e. The lowest BCUT2D eigenvalue weighted by atomic mass is 9.88. The number of amides is 1. The maximum atomic E-state index is 14.5. The lowest BCUT2D eigenvalue weighted by molar-refractivity contribution is -0.124. The Labute approximate surface area is 259 Å². The van der Waals surface area contributed by atoms with Crippen molar-refractivity contribution in [1.82, 2.24) is 25.4 Å². The van der Waals surface area contributed by atoms with Crippen LogP contribution >= 0.6 is 0 Å². The van der Waals surface area contributed by atoms with E-state index in [1.165, 1.54) is 23.2 Å². The molecule has 0 aliphatic heterocycles. The van der Waals surface area contributed by atoms with E-state index in [-0.39, 0.29) is 28.0 Å². The van der Waals surface area contributed by atoms with Gasteiger partial charge in [-0.05, 0) is 53.3 Å². The van der Waals surface area contributed by atoms with Crippen LogP contribution in [0.5, 0.6) is 5.88 Å². The molecule has 7 nitrogen and oxygen atoms in total.